The number of carbonyl (C=O) groups excluding carboxylic acids is 3. The molecule has 11 heteroatoms. The van der Waals surface area contributed by atoms with Gasteiger partial charge in [0.05, 0.1) is 16.0 Å². The Labute approximate surface area is 177 Å². The van der Waals surface area contributed by atoms with E-state index >= 15 is 0 Å². The van der Waals surface area contributed by atoms with E-state index in [1.54, 1.807) is 5.38 Å². The molecule has 9 nitrogen and oxygen atoms in total. The quantitative estimate of drug-likeness (QED) is 0.616. The van der Waals surface area contributed by atoms with Crippen LogP contribution in [0.3, 0.4) is 0 Å². The van der Waals surface area contributed by atoms with Crippen LogP contribution in [0.25, 0.3) is 0 Å². The van der Waals surface area contributed by atoms with Gasteiger partial charge in [0, 0.05) is 13.1 Å². The molecule has 1 aromatic carbocycles. The Kier molecular flexibility index (Phi) is 6.85. The molecule has 1 saturated heterocycles. The maximum Gasteiger partial charge on any atom is 0.338 e. The summed E-state index contributed by atoms with van der Waals surface area (Å²) in [6.45, 7) is 0.304. The molecule has 30 heavy (non-hydrogen) atoms. The summed E-state index contributed by atoms with van der Waals surface area (Å²) in [5.41, 5.74) is 5.40. The van der Waals surface area contributed by atoms with Gasteiger partial charge in [0.2, 0.25) is 10.0 Å². The molecule has 3 N–H and O–H groups in total. The molecule has 0 atom stereocenters. The number of rotatable bonds is 7. The van der Waals surface area contributed by atoms with Crippen molar-refractivity contribution in [1.82, 2.24) is 4.31 Å². The number of benzene rings is 1. The lowest BCUT2D eigenvalue weighted by molar-refractivity contribution is -0.119. The molecular weight excluding hydrogens is 430 g/mol. The van der Waals surface area contributed by atoms with Crippen molar-refractivity contribution in [3.8, 4) is 0 Å². The minimum Gasteiger partial charge on any atom is -0.452 e. The number of amides is 2. The van der Waals surface area contributed by atoms with Crippen molar-refractivity contribution in [3.05, 3.63) is 46.8 Å². The number of ether oxygens (including phenoxy) is 1. The summed E-state index contributed by atoms with van der Waals surface area (Å²) in [5.74, 6) is -2.16. The highest BCUT2D eigenvalue weighted by Crippen LogP contribution is 2.23. The van der Waals surface area contributed by atoms with Crippen LogP contribution in [0.5, 0.6) is 0 Å². The van der Waals surface area contributed by atoms with E-state index in [-0.39, 0.29) is 21.0 Å². The first-order chi connectivity index (χ1) is 14.3. The molecule has 0 saturated carbocycles. The number of thiophene rings is 1. The number of sulfonamides is 1. The Morgan fingerprint density at radius 1 is 1.13 bits per heavy atom. The third kappa shape index (κ3) is 5.04. The van der Waals surface area contributed by atoms with Crippen molar-refractivity contribution in [2.24, 2.45) is 5.73 Å². The van der Waals surface area contributed by atoms with Crippen molar-refractivity contribution in [3.63, 3.8) is 0 Å². The normalized spacial score (nSPS) is 14.8. The number of anilines is 1. The van der Waals surface area contributed by atoms with E-state index in [9.17, 15) is 22.8 Å². The van der Waals surface area contributed by atoms with E-state index in [1.807, 2.05) is 0 Å². The second-order valence-corrected chi connectivity index (χ2v) is 9.50. The van der Waals surface area contributed by atoms with Crippen LogP contribution in [0.15, 0.2) is 40.6 Å². The second kappa shape index (κ2) is 9.37. The van der Waals surface area contributed by atoms with E-state index in [2.05, 4.69) is 5.32 Å². The fourth-order valence-electron chi connectivity index (χ4n) is 3.02. The molecule has 3 rings (SSSR count). The van der Waals surface area contributed by atoms with Crippen LogP contribution in [-0.2, 0) is 19.6 Å². The fraction of sp³-hybridized carbons (Fsp3) is 0.316. The summed E-state index contributed by atoms with van der Waals surface area (Å²) in [5, 5.41) is 4.31. The molecule has 1 aliphatic rings. The van der Waals surface area contributed by atoms with Crippen LogP contribution in [0.4, 0.5) is 5.00 Å². The summed E-state index contributed by atoms with van der Waals surface area (Å²) in [4.78, 5) is 35.6. The van der Waals surface area contributed by atoms with Gasteiger partial charge < -0.3 is 15.8 Å². The highest BCUT2D eigenvalue weighted by Gasteiger charge is 2.26. The summed E-state index contributed by atoms with van der Waals surface area (Å²) >= 11 is 1.11. The average molecular weight is 452 g/mol. The fourth-order valence-corrected chi connectivity index (χ4v) is 5.39. The van der Waals surface area contributed by atoms with Gasteiger partial charge >= 0.3 is 5.97 Å². The largest absolute Gasteiger partial charge is 0.452 e. The molecule has 0 radical (unpaired) electrons. The maximum absolute atomic E-state index is 12.8. The van der Waals surface area contributed by atoms with Crippen molar-refractivity contribution < 1.29 is 27.5 Å². The number of nitrogens with zero attached hydrogens (tertiary/aromatic N) is 1. The molecule has 2 heterocycles. The molecule has 2 aromatic rings. The number of esters is 1. The Bertz CT molecular complexity index is 1060. The Morgan fingerprint density at radius 2 is 1.87 bits per heavy atom. The smallest absolute Gasteiger partial charge is 0.338 e. The van der Waals surface area contributed by atoms with Crippen molar-refractivity contribution >= 4 is 44.1 Å². The monoisotopic (exact) mass is 451 g/mol. The van der Waals surface area contributed by atoms with Gasteiger partial charge in [-0.15, -0.1) is 11.3 Å². The Morgan fingerprint density at radius 3 is 2.57 bits per heavy atom. The number of nitrogens with one attached hydrogen (secondary N) is 1. The number of carbonyl (C=O) groups is 3. The third-order valence-electron chi connectivity index (χ3n) is 4.54. The molecule has 160 valence electrons. The highest BCUT2D eigenvalue weighted by atomic mass is 32.2. The molecular formula is C19H21N3O6S2. The summed E-state index contributed by atoms with van der Waals surface area (Å²) in [6, 6.07) is 7.02. The van der Waals surface area contributed by atoms with Gasteiger partial charge in [-0.1, -0.05) is 12.5 Å². The number of primary amides is 1. The zero-order valence-electron chi connectivity index (χ0n) is 16.0. The first-order valence-electron chi connectivity index (χ1n) is 9.23. The van der Waals surface area contributed by atoms with Gasteiger partial charge in [-0.2, -0.15) is 4.31 Å². The Balaban J connectivity index is 1.63. The highest BCUT2D eigenvalue weighted by molar-refractivity contribution is 7.89. The lowest BCUT2D eigenvalue weighted by Crippen LogP contribution is -2.35. The van der Waals surface area contributed by atoms with E-state index in [0.29, 0.717) is 13.1 Å². The van der Waals surface area contributed by atoms with Gasteiger partial charge in [-0.3, -0.25) is 9.59 Å². The molecule has 0 aliphatic carbocycles. The Hall–Kier alpha value is -2.76. The van der Waals surface area contributed by atoms with Crippen molar-refractivity contribution in [2.75, 3.05) is 25.0 Å². The molecule has 1 fully saturated rings. The lowest BCUT2D eigenvalue weighted by atomic mass is 10.2. The van der Waals surface area contributed by atoms with Crippen LogP contribution in [-0.4, -0.2) is 50.2 Å². The molecule has 0 spiro atoms. The number of piperidine rings is 1. The van der Waals surface area contributed by atoms with Gasteiger partial charge in [-0.05, 0) is 42.5 Å². The standard InChI is InChI=1S/C19H21N3O6S2/c20-17(24)15-7-10-29-18(15)21-16(23)12-28-19(25)13-5-4-6-14(11-13)30(26,27)22-8-2-1-3-9-22/h4-7,10-11H,1-3,8-9,12H2,(H2,20,24)(H,21,23). The summed E-state index contributed by atoms with van der Waals surface area (Å²) < 4.78 is 31.9. The van der Waals surface area contributed by atoms with Gasteiger partial charge in [0.25, 0.3) is 11.8 Å². The van der Waals surface area contributed by atoms with Crippen molar-refractivity contribution in [1.29, 1.82) is 0 Å². The van der Waals surface area contributed by atoms with Crippen molar-refractivity contribution in [2.45, 2.75) is 24.2 Å². The maximum atomic E-state index is 12.8. The first kappa shape index (κ1) is 21.9. The first-order valence-corrected chi connectivity index (χ1v) is 11.6. The average Bonchev–Trinajstić information content (AvgIpc) is 3.21. The molecule has 2 amide bonds. The number of hydrogen-bond donors (Lipinski definition) is 2. The topological polar surface area (TPSA) is 136 Å². The van der Waals surface area contributed by atoms with Gasteiger partial charge in [0.15, 0.2) is 6.61 Å². The molecule has 0 unspecified atom stereocenters. The zero-order chi connectivity index (χ0) is 21.7. The predicted molar refractivity (Wildman–Crippen MR) is 111 cm³/mol. The van der Waals surface area contributed by atoms with E-state index in [4.69, 9.17) is 10.5 Å². The number of nitrogens with two attached hydrogens (primary N) is 1. The second-order valence-electron chi connectivity index (χ2n) is 6.64. The van der Waals surface area contributed by atoms with Gasteiger partial charge in [0.1, 0.15) is 5.00 Å². The summed E-state index contributed by atoms with van der Waals surface area (Å²) in [7, 11) is -3.69. The lowest BCUT2D eigenvalue weighted by Gasteiger charge is -2.25. The van der Waals surface area contributed by atoms with E-state index in [1.165, 1.54) is 34.6 Å². The molecule has 1 aromatic heterocycles. The minimum atomic E-state index is -3.69. The van der Waals surface area contributed by atoms with Crippen LogP contribution in [0.2, 0.25) is 0 Å². The predicted octanol–water partition coefficient (Wildman–Crippen LogP) is 1.82. The van der Waals surface area contributed by atoms with Crippen LogP contribution in [0, 0.1) is 0 Å². The van der Waals surface area contributed by atoms with E-state index in [0.717, 1.165) is 30.6 Å². The third-order valence-corrected chi connectivity index (χ3v) is 7.27. The summed E-state index contributed by atoms with van der Waals surface area (Å²) in [6.07, 6.45) is 2.60. The van der Waals surface area contributed by atoms with E-state index < -0.39 is 34.4 Å². The molecule has 0 bridgehead atoms. The SMILES string of the molecule is NC(=O)c1ccsc1NC(=O)COC(=O)c1cccc(S(=O)(=O)N2CCCCC2)c1. The molecule has 1 aliphatic heterocycles. The number of hydrogen-bond acceptors (Lipinski definition) is 7. The van der Waals surface area contributed by atoms with Crippen LogP contribution >= 0.6 is 11.3 Å². The van der Waals surface area contributed by atoms with Gasteiger partial charge in [-0.25, -0.2) is 13.2 Å². The zero-order valence-corrected chi connectivity index (χ0v) is 17.6. The van der Waals surface area contributed by atoms with Crippen LogP contribution < -0.4 is 11.1 Å². The minimum absolute atomic E-state index is 0.00740. The van der Waals surface area contributed by atoms with Crippen LogP contribution in [0.1, 0.15) is 40.0 Å².